The monoisotopic (exact) mass is 547 g/mol. The van der Waals surface area contributed by atoms with Crippen LogP contribution in [-0.2, 0) is 11.8 Å². The summed E-state index contributed by atoms with van der Waals surface area (Å²) in [6.07, 6.45) is 6.35. The molecule has 3 aromatic rings. The Morgan fingerprint density at radius 2 is 1.79 bits per heavy atom. The molecular formula is C31H41N5O2S. The van der Waals surface area contributed by atoms with Crippen LogP contribution in [0.4, 0.5) is 11.5 Å². The fourth-order valence-electron chi connectivity index (χ4n) is 5.27. The maximum atomic E-state index is 13.6. The topological polar surface area (TPSA) is 69.6 Å². The lowest BCUT2D eigenvalue weighted by Gasteiger charge is -2.39. The molecule has 1 saturated heterocycles. The summed E-state index contributed by atoms with van der Waals surface area (Å²) in [5.41, 5.74) is 3.35. The third-order valence-electron chi connectivity index (χ3n) is 7.61. The zero-order valence-corrected chi connectivity index (χ0v) is 24.8. The Balaban J connectivity index is 1.59. The number of rotatable bonds is 9. The van der Waals surface area contributed by atoms with Crippen LogP contribution in [0.25, 0.3) is 10.8 Å². The molecule has 1 unspecified atom stereocenters. The zero-order valence-electron chi connectivity index (χ0n) is 24.0. The van der Waals surface area contributed by atoms with Gasteiger partial charge in [0.1, 0.15) is 5.82 Å². The number of para-hydroxylation sites is 1. The maximum Gasteiger partial charge on any atom is 0.259 e. The fourth-order valence-corrected chi connectivity index (χ4v) is 5.83. The molecule has 1 aliphatic rings. The third-order valence-corrected chi connectivity index (χ3v) is 8.40. The van der Waals surface area contributed by atoms with Gasteiger partial charge in [0, 0.05) is 73.9 Å². The minimum atomic E-state index is 0.0213. The smallest absolute Gasteiger partial charge is 0.259 e. The lowest BCUT2D eigenvalue weighted by Crippen LogP contribution is -2.50. The van der Waals surface area contributed by atoms with E-state index in [1.807, 2.05) is 26.1 Å². The summed E-state index contributed by atoms with van der Waals surface area (Å²) >= 11 is 1.72. The number of anilines is 2. The summed E-state index contributed by atoms with van der Waals surface area (Å²) in [6, 6.07) is 15.0. The van der Waals surface area contributed by atoms with Crippen molar-refractivity contribution in [3.05, 3.63) is 76.2 Å². The highest BCUT2D eigenvalue weighted by atomic mass is 32.2. The molecule has 1 aromatic heterocycles. The molecule has 1 aliphatic heterocycles. The molecule has 2 aromatic carbocycles. The normalized spacial score (nSPS) is 16.0. The molecule has 1 fully saturated rings. The number of aryl methyl sites for hydroxylation is 1. The van der Waals surface area contributed by atoms with E-state index in [1.54, 1.807) is 22.5 Å². The second-order valence-corrected chi connectivity index (χ2v) is 11.1. The van der Waals surface area contributed by atoms with E-state index >= 15 is 0 Å². The van der Waals surface area contributed by atoms with Crippen molar-refractivity contribution < 1.29 is 4.79 Å². The summed E-state index contributed by atoms with van der Waals surface area (Å²) in [6.45, 7) is 11.6. The minimum Gasteiger partial charge on any atom is -0.378 e. The van der Waals surface area contributed by atoms with Gasteiger partial charge in [0.05, 0.1) is 0 Å². The number of thioether (sulfide) groups is 1. The van der Waals surface area contributed by atoms with Crippen molar-refractivity contribution in [2.75, 3.05) is 42.7 Å². The van der Waals surface area contributed by atoms with Crippen molar-refractivity contribution in [1.82, 2.24) is 14.8 Å². The van der Waals surface area contributed by atoms with E-state index in [0.717, 1.165) is 59.6 Å². The average molecular weight is 548 g/mol. The predicted molar refractivity (Wildman–Crippen MR) is 165 cm³/mol. The van der Waals surface area contributed by atoms with E-state index in [4.69, 9.17) is 0 Å². The second-order valence-electron chi connectivity index (χ2n) is 10.3. The third kappa shape index (κ3) is 6.50. The number of carbonyl (C=O) groups excluding carboxylic acids is 1. The first-order valence-electron chi connectivity index (χ1n) is 13.7. The van der Waals surface area contributed by atoms with Crippen molar-refractivity contribution in [3.63, 3.8) is 0 Å². The Morgan fingerprint density at radius 1 is 1.08 bits per heavy atom. The Bertz CT molecular complexity index is 1410. The van der Waals surface area contributed by atoms with Crippen molar-refractivity contribution in [1.29, 1.82) is 0 Å². The van der Waals surface area contributed by atoms with Crippen molar-refractivity contribution in [2.24, 2.45) is 7.05 Å². The van der Waals surface area contributed by atoms with E-state index in [9.17, 15) is 9.59 Å². The van der Waals surface area contributed by atoms with Crippen molar-refractivity contribution in [2.45, 2.75) is 51.1 Å². The molecule has 0 saturated carbocycles. The van der Waals surface area contributed by atoms with Crippen LogP contribution in [0.1, 0.15) is 44.4 Å². The van der Waals surface area contributed by atoms with Crippen molar-refractivity contribution in [3.8, 4) is 0 Å². The standard InChI is InChI=1S/C31H41N5O2S/c1-7-29(37)32-13-12-22(3)35-14-16-36(17-15-35)30-20-25-24(18-21(2)19-26(25)31(38)34(30)5)23(4)33-27-10-8-9-11-28(27)39-6/h8-13,18-20,22-23,33H,7,14-17H2,1-6H3,(H,32,37)/b13-12-/t22?,23-/m1/s1. The predicted octanol–water partition coefficient (Wildman–Crippen LogP) is 5.29. The molecule has 2 atom stereocenters. The highest BCUT2D eigenvalue weighted by Gasteiger charge is 2.23. The van der Waals surface area contributed by atoms with Gasteiger partial charge in [-0.25, -0.2) is 0 Å². The molecule has 8 heteroatoms. The lowest BCUT2D eigenvalue weighted by molar-refractivity contribution is -0.119. The van der Waals surface area contributed by atoms with Gasteiger partial charge in [0.2, 0.25) is 5.91 Å². The molecule has 2 N–H and O–H groups in total. The number of nitrogens with one attached hydrogen (secondary N) is 2. The first-order chi connectivity index (χ1) is 18.7. The Labute approximate surface area is 236 Å². The molecule has 1 amide bonds. The summed E-state index contributed by atoms with van der Waals surface area (Å²) in [4.78, 5) is 31.0. The molecular weight excluding hydrogens is 506 g/mol. The number of hydrogen-bond acceptors (Lipinski definition) is 6. The van der Waals surface area contributed by atoms with Crippen LogP contribution in [0, 0.1) is 6.92 Å². The number of carbonyl (C=O) groups is 1. The number of pyridine rings is 1. The van der Waals surface area contributed by atoms with E-state index in [-0.39, 0.29) is 23.6 Å². The fraction of sp³-hybridized carbons (Fsp3) is 0.419. The number of aromatic nitrogens is 1. The molecule has 2 heterocycles. The quantitative estimate of drug-likeness (QED) is 0.355. The van der Waals surface area contributed by atoms with Crippen LogP contribution in [-0.4, -0.2) is 53.9 Å². The molecule has 7 nitrogen and oxygen atoms in total. The largest absolute Gasteiger partial charge is 0.378 e. The molecule has 0 spiro atoms. The number of nitrogens with zero attached hydrogens (tertiary/aromatic N) is 3. The molecule has 4 rings (SSSR count). The van der Waals surface area contributed by atoms with Crippen LogP contribution < -0.4 is 21.1 Å². The van der Waals surface area contributed by atoms with Gasteiger partial charge in [-0.2, -0.15) is 0 Å². The number of piperazine rings is 1. The van der Waals surface area contributed by atoms with E-state index in [0.29, 0.717) is 6.42 Å². The average Bonchev–Trinajstić information content (AvgIpc) is 2.95. The van der Waals surface area contributed by atoms with Gasteiger partial charge in [-0.15, -0.1) is 11.8 Å². The highest BCUT2D eigenvalue weighted by molar-refractivity contribution is 7.98. The Hall–Kier alpha value is -3.23. The first-order valence-corrected chi connectivity index (χ1v) is 14.9. The highest BCUT2D eigenvalue weighted by Crippen LogP contribution is 2.32. The van der Waals surface area contributed by atoms with Gasteiger partial charge in [-0.3, -0.25) is 19.1 Å². The van der Waals surface area contributed by atoms with Crippen LogP contribution in [0.2, 0.25) is 0 Å². The summed E-state index contributed by atoms with van der Waals surface area (Å²) in [5, 5.41) is 8.26. The summed E-state index contributed by atoms with van der Waals surface area (Å²) < 4.78 is 1.80. The summed E-state index contributed by atoms with van der Waals surface area (Å²) in [5.74, 6) is 0.973. The van der Waals surface area contributed by atoms with Gasteiger partial charge < -0.3 is 15.5 Å². The van der Waals surface area contributed by atoms with Crippen molar-refractivity contribution >= 4 is 39.9 Å². The lowest BCUT2D eigenvalue weighted by atomic mass is 9.97. The SMILES string of the molecule is CCC(=O)N/C=C\C(C)N1CCN(c2cc3c([C@@H](C)Nc4ccccc4SC)cc(C)cc3c(=O)n2C)CC1. The number of amides is 1. The molecule has 39 heavy (non-hydrogen) atoms. The summed E-state index contributed by atoms with van der Waals surface area (Å²) in [7, 11) is 1.88. The second kappa shape index (κ2) is 12.7. The van der Waals surface area contributed by atoms with Gasteiger partial charge >= 0.3 is 0 Å². The molecule has 208 valence electrons. The van der Waals surface area contributed by atoms with E-state index in [2.05, 4.69) is 83.9 Å². The Kier molecular flexibility index (Phi) is 9.40. The van der Waals surface area contributed by atoms with E-state index < -0.39 is 0 Å². The number of hydrogen-bond donors (Lipinski definition) is 2. The maximum absolute atomic E-state index is 13.6. The Morgan fingerprint density at radius 3 is 2.49 bits per heavy atom. The van der Waals surface area contributed by atoms with E-state index in [1.165, 1.54) is 4.90 Å². The van der Waals surface area contributed by atoms with Crippen LogP contribution in [0.15, 0.2) is 64.4 Å². The van der Waals surface area contributed by atoms with Gasteiger partial charge in [0.25, 0.3) is 5.56 Å². The van der Waals surface area contributed by atoms with Crippen LogP contribution in [0.3, 0.4) is 0 Å². The molecule has 0 bridgehead atoms. The number of fused-ring (bicyclic) bond motifs is 1. The minimum absolute atomic E-state index is 0.0213. The van der Waals surface area contributed by atoms with Gasteiger partial charge in [0.15, 0.2) is 0 Å². The first kappa shape index (κ1) is 28.8. The van der Waals surface area contributed by atoms with Gasteiger partial charge in [-0.1, -0.05) is 31.2 Å². The van der Waals surface area contributed by atoms with Crippen LogP contribution in [0.5, 0.6) is 0 Å². The van der Waals surface area contributed by atoms with Gasteiger partial charge in [-0.05, 0) is 67.8 Å². The van der Waals surface area contributed by atoms with Crippen LogP contribution >= 0.6 is 11.8 Å². The zero-order chi connectivity index (χ0) is 28.1. The molecule has 0 radical (unpaired) electrons. The number of benzene rings is 2. The molecule has 0 aliphatic carbocycles.